The number of nitrogens with zero attached hydrogens (tertiary/aromatic N) is 1. The molecule has 0 fully saturated rings. The van der Waals surface area contributed by atoms with Gasteiger partial charge in [-0.15, -0.1) is 0 Å². The molecule has 0 aliphatic carbocycles. The van der Waals surface area contributed by atoms with Crippen LogP contribution in [0.1, 0.15) is 12.8 Å². The number of unbranched alkanes of at least 4 members (excludes halogenated alkanes) is 1. The van der Waals surface area contributed by atoms with Gasteiger partial charge < -0.3 is 10.0 Å². The van der Waals surface area contributed by atoms with Crippen LogP contribution in [0.5, 0.6) is 0 Å². The first-order valence-electron chi connectivity index (χ1n) is 4.03. The van der Waals surface area contributed by atoms with Crippen molar-refractivity contribution in [2.24, 2.45) is 0 Å². The van der Waals surface area contributed by atoms with Crippen LogP contribution < -0.4 is 0 Å². The molecule has 0 bridgehead atoms. The van der Waals surface area contributed by atoms with E-state index in [0.717, 1.165) is 25.9 Å². The zero-order valence-corrected chi connectivity index (χ0v) is 6.66. The van der Waals surface area contributed by atoms with Crippen LogP contribution in [0.25, 0.3) is 0 Å². The maximum absolute atomic E-state index is 8.54. The van der Waals surface area contributed by atoms with E-state index in [-0.39, 0.29) is 0 Å². The lowest BCUT2D eigenvalue weighted by Crippen LogP contribution is -2.20. The molecule has 11 heavy (non-hydrogen) atoms. The number of rotatable bonds is 4. The van der Waals surface area contributed by atoms with Crippen molar-refractivity contribution in [3.8, 4) is 0 Å². The number of aliphatic hydroxyl groups excluding tert-OH is 1. The van der Waals surface area contributed by atoms with E-state index in [1.165, 1.54) is 0 Å². The Morgan fingerprint density at radius 2 is 2.36 bits per heavy atom. The fourth-order valence-electron chi connectivity index (χ4n) is 1.04. The summed E-state index contributed by atoms with van der Waals surface area (Å²) in [4.78, 5) is 2.21. The van der Waals surface area contributed by atoms with Crippen molar-refractivity contribution < 1.29 is 5.11 Å². The van der Waals surface area contributed by atoms with Gasteiger partial charge in [-0.3, -0.25) is 0 Å². The third-order valence-electron chi connectivity index (χ3n) is 1.68. The fourth-order valence-corrected chi connectivity index (χ4v) is 1.04. The molecule has 1 N–H and O–H groups in total. The number of hydrogen-bond acceptors (Lipinski definition) is 2. The Hall–Kier alpha value is -0.760. The number of aliphatic hydroxyl groups is 1. The van der Waals surface area contributed by atoms with E-state index < -0.39 is 0 Å². The van der Waals surface area contributed by atoms with Gasteiger partial charge in [0, 0.05) is 19.7 Å². The summed E-state index contributed by atoms with van der Waals surface area (Å²) in [5.74, 6) is 0. The van der Waals surface area contributed by atoms with Gasteiger partial charge in [-0.1, -0.05) is 6.08 Å². The van der Waals surface area contributed by atoms with Crippen molar-refractivity contribution >= 4 is 0 Å². The Kier molecular flexibility index (Phi) is 3.76. The Morgan fingerprint density at radius 3 is 3.00 bits per heavy atom. The molecule has 0 saturated carbocycles. The first-order valence-corrected chi connectivity index (χ1v) is 4.03. The van der Waals surface area contributed by atoms with Gasteiger partial charge in [0.05, 0.1) is 0 Å². The first-order chi connectivity index (χ1) is 5.43. The zero-order valence-electron chi connectivity index (χ0n) is 6.66. The maximum atomic E-state index is 8.54. The normalized spacial score (nSPS) is 15.9. The third-order valence-corrected chi connectivity index (χ3v) is 1.68. The fraction of sp³-hybridized carbons (Fsp3) is 0.556. The van der Waals surface area contributed by atoms with Crippen LogP contribution in [0, 0.1) is 6.08 Å². The molecule has 1 heterocycles. The molecule has 0 amide bonds. The Bertz CT molecular complexity index is 152. The average Bonchev–Trinajstić information content (AvgIpc) is 2.07. The standard InChI is InChI=1S/C9H14NO/c11-9-5-4-8-10-6-2-1-3-7-10/h2-3,6,11H,4-5,7-9H2. The van der Waals surface area contributed by atoms with Crippen LogP contribution >= 0.6 is 0 Å². The summed E-state index contributed by atoms with van der Waals surface area (Å²) < 4.78 is 0. The smallest absolute Gasteiger partial charge is 0.0431 e. The summed E-state index contributed by atoms with van der Waals surface area (Å²) in [6, 6.07) is 0. The maximum Gasteiger partial charge on any atom is 0.0431 e. The molecule has 1 aliphatic heterocycles. The number of allylic oxidation sites excluding steroid dienone is 2. The summed E-state index contributed by atoms with van der Waals surface area (Å²) in [6.45, 7) is 2.30. The van der Waals surface area contributed by atoms with Gasteiger partial charge >= 0.3 is 0 Å². The summed E-state index contributed by atoms with van der Waals surface area (Å²) in [7, 11) is 0. The van der Waals surface area contributed by atoms with Crippen LogP contribution in [0.3, 0.4) is 0 Å². The molecule has 0 atom stereocenters. The summed E-state index contributed by atoms with van der Waals surface area (Å²) in [5.41, 5.74) is 0. The Balaban J connectivity index is 2.07. The molecule has 1 rings (SSSR count). The average molecular weight is 152 g/mol. The highest BCUT2D eigenvalue weighted by Gasteiger charge is 1.97. The van der Waals surface area contributed by atoms with Crippen molar-refractivity contribution in [1.82, 2.24) is 4.90 Å². The molecule has 0 spiro atoms. The van der Waals surface area contributed by atoms with Crippen LogP contribution in [0.2, 0.25) is 0 Å². The van der Waals surface area contributed by atoms with Gasteiger partial charge in [-0.05, 0) is 31.2 Å². The van der Waals surface area contributed by atoms with Crippen molar-refractivity contribution in [3.63, 3.8) is 0 Å². The number of hydrogen-bond donors (Lipinski definition) is 1. The van der Waals surface area contributed by atoms with E-state index >= 15 is 0 Å². The molecule has 0 aromatic heterocycles. The molecule has 61 valence electrons. The monoisotopic (exact) mass is 152 g/mol. The second-order valence-corrected chi connectivity index (χ2v) is 2.61. The summed E-state index contributed by atoms with van der Waals surface area (Å²) >= 11 is 0. The first kappa shape index (κ1) is 8.34. The lowest BCUT2D eigenvalue weighted by atomic mass is 10.3. The molecule has 0 aromatic carbocycles. The van der Waals surface area contributed by atoms with Gasteiger partial charge in [-0.25, -0.2) is 0 Å². The van der Waals surface area contributed by atoms with Gasteiger partial charge in [0.25, 0.3) is 0 Å². The highest BCUT2D eigenvalue weighted by molar-refractivity contribution is 5.02. The second-order valence-electron chi connectivity index (χ2n) is 2.61. The lowest BCUT2D eigenvalue weighted by molar-refractivity contribution is 0.274. The minimum atomic E-state index is 0.305. The highest BCUT2D eigenvalue weighted by atomic mass is 16.2. The predicted molar refractivity (Wildman–Crippen MR) is 44.8 cm³/mol. The van der Waals surface area contributed by atoms with E-state index in [1.807, 2.05) is 18.4 Å². The molecule has 1 aliphatic rings. The topological polar surface area (TPSA) is 23.5 Å². The molecule has 0 unspecified atom stereocenters. The van der Waals surface area contributed by atoms with Crippen LogP contribution in [0.4, 0.5) is 0 Å². The van der Waals surface area contributed by atoms with Gasteiger partial charge in [0.15, 0.2) is 0 Å². The van der Waals surface area contributed by atoms with Crippen molar-refractivity contribution in [3.05, 3.63) is 24.4 Å². The van der Waals surface area contributed by atoms with E-state index in [4.69, 9.17) is 5.11 Å². The largest absolute Gasteiger partial charge is 0.396 e. The summed E-state index contributed by atoms with van der Waals surface area (Å²) in [5, 5.41) is 8.54. The van der Waals surface area contributed by atoms with Gasteiger partial charge in [-0.2, -0.15) is 0 Å². The van der Waals surface area contributed by atoms with Crippen LogP contribution in [0.15, 0.2) is 18.4 Å². The van der Waals surface area contributed by atoms with Gasteiger partial charge in [0.2, 0.25) is 0 Å². The molecule has 2 heteroatoms. The van der Waals surface area contributed by atoms with Crippen molar-refractivity contribution in [2.45, 2.75) is 12.8 Å². The van der Waals surface area contributed by atoms with Gasteiger partial charge in [0.1, 0.15) is 0 Å². The zero-order chi connectivity index (χ0) is 7.94. The third kappa shape index (κ3) is 3.23. The van der Waals surface area contributed by atoms with E-state index in [0.29, 0.717) is 6.61 Å². The second kappa shape index (κ2) is 4.97. The van der Waals surface area contributed by atoms with E-state index in [1.54, 1.807) is 0 Å². The molecule has 2 nitrogen and oxygen atoms in total. The quantitative estimate of drug-likeness (QED) is 0.606. The van der Waals surface area contributed by atoms with E-state index in [2.05, 4.69) is 11.0 Å². The summed E-state index contributed by atoms with van der Waals surface area (Å²) in [6.07, 6.45) is 10.9. The van der Waals surface area contributed by atoms with Crippen molar-refractivity contribution in [1.29, 1.82) is 0 Å². The lowest BCUT2D eigenvalue weighted by Gasteiger charge is -2.19. The van der Waals surface area contributed by atoms with Crippen molar-refractivity contribution in [2.75, 3.05) is 19.7 Å². The van der Waals surface area contributed by atoms with Crippen LogP contribution in [-0.2, 0) is 0 Å². The SMILES string of the molecule is OCCCCN1C=C[C]=CC1. The molecule has 0 aromatic rings. The van der Waals surface area contributed by atoms with Crippen LogP contribution in [-0.4, -0.2) is 29.7 Å². The molecule has 1 radical (unpaired) electrons. The molecular formula is C9H14NO. The minimum Gasteiger partial charge on any atom is -0.396 e. The minimum absolute atomic E-state index is 0.305. The Labute approximate surface area is 67.8 Å². The predicted octanol–water partition coefficient (Wildman–Crippen LogP) is 0.948. The van der Waals surface area contributed by atoms with E-state index in [9.17, 15) is 0 Å². The highest BCUT2D eigenvalue weighted by Crippen LogP contribution is 1.99. The molecular weight excluding hydrogens is 138 g/mol. The Morgan fingerprint density at radius 1 is 1.45 bits per heavy atom. The molecule has 0 saturated heterocycles.